The van der Waals surface area contributed by atoms with Crippen LogP contribution in [-0.2, 0) is 4.74 Å². The van der Waals surface area contributed by atoms with Crippen molar-refractivity contribution in [2.45, 2.75) is 25.7 Å². The van der Waals surface area contributed by atoms with Crippen molar-refractivity contribution >= 4 is 12.6 Å². The molecule has 0 saturated heterocycles. The van der Waals surface area contributed by atoms with E-state index in [1.54, 1.807) is 24.3 Å². The highest BCUT2D eigenvalue weighted by Gasteiger charge is 2.16. The molecule has 1 saturated carbocycles. The highest BCUT2D eigenvalue weighted by atomic mass is 16.5. The molecular formula is C14H21BO4. The van der Waals surface area contributed by atoms with Crippen LogP contribution in [0.1, 0.15) is 25.7 Å². The summed E-state index contributed by atoms with van der Waals surface area (Å²) in [6, 6.07) is 6.72. The Bertz CT molecular complexity index is 362. The average molecular weight is 264 g/mol. The van der Waals surface area contributed by atoms with E-state index in [0.717, 1.165) is 12.5 Å². The Morgan fingerprint density at radius 3 is 2.37 bits per heavy atom. The normalized spacial score (nSPS) is 15.1. The first-order valence-corrected chi connectivity index (χ1v) is 6.92. The first-order chi connectivity index (χ1) is 9.25. The molecule has 0 radical (unpaired) electrons. The molecule has 0 unspecified atom stereocenters. The maximum absolute atomic E-state index is 8.95. The number of ether oxygens (including phenoxy) is 2. The Labute approximate surface area is 114 Å². The van der Waals surface area contributed by atoms with E-state index >= 15 is 0 Å². The van der Waals surface area contributed by atoms with Crippen molar-refractivity contribution in [2.75, 3.05) is 19.8 Å². The fraction of sp³-hybridized carbons (Fsp3) is 0.571. The van der Waals surface area contributed by atoms with E-state index in [9.17, 15) is 0 Å². The molecular weight excluding hydrogens is 243 g/mol. The lowest BCUT2D eigenvalue weighted by Gasteiger charge is -2.24. The van der Waals surface area contributed by atoms with E-state index in [2.05, 4.69) is 0 Å². The van der Waals surface area contributed by atoms with Crippen LogP contribution in [0.15, 0.2) is 24.3 Å². The highest BCUT2D eigenvalue weighted by molar-refractivity contribution is 6.58. The molecule has 0 amide bonds. The van der Waals surface area contributed by atoms with Crippen molar-refractivity contribution in [3.8, 4) is 5.75 Å². The summed E-state index contributed by atoms with van der Waals surface area (Å²) in [7, 11) is -1.43. The van der Waals surface area contributed by atoms with Crippen molar-refractivity contribution in [3.05, 3.63) is 24.3 Å². The minimum atomic E-state index is -1.43. The number of benzene rings is 1. The lowest BCUT2D eigenvalue weighted by atomic mass is 9.80. The molecule has 0 heterocycles. The number of hydrogen-bond donors (Lipinski definition) is 2. The molecule has 5 heteroatoms. The van der Waals surface area contributed by atoms with Crippen molar-refractivity contribution in [1.82, 2.24) is 0 Å². The van der Waals surface area contributed by atoms with E-state index in [1.165, 1.54) is 25.7 Å². The van der Waals surface area contributed by atoms with Gasteiger partial charge in [0, 0.05) is 6.61 Å². The SMILES string of the molecule is OB(O)c1ccc(OCCOCCC2CCC2)cc1. The molecule has 4 nitrogen and oxygen atoms in total. The molecule has 0 bridgehead atoms. The third-order valence-corrected chi connectivity index (χ3v) is 3.57. The molecule has 0 aromatic heterocycles. The number of rotatable bonds is 8. The molecule has 0 atom stereocenters. The summed E-state index contributed by atoms with van der Waals surface area (Å²) in [5.74, 6) is 1.60. The van der Waals surface area contributed by atoms with Gasteiger partial charge in [0.15, 0.2) is 0 Å². The number of hydrogen-bond acceptors (Lipinski definition) is 4. The molecule has 19 heavy (non-hydrogen) atoms. The van der Waals surface area contributed by atoms with Gasteiger partial charge in [-0.3, -0.25) is 0 Å². The second kappa shape index (κ2) is 7.53. The maximum Gasteiger partial charge on any atom is 0.488 e. The second-order valence-electron chi connectivity index (χ2n) is 4.99. The summed E-state index contributed by atoms with van der Waals surface area (Å²) in [6.45, 7) is 1.94. The fourth-order valence-electron chi connectivity index (χ4n) is 2.09. The van der Waals surface area contributed by atoms with Crippen LogP contribution in [0.5, 0.6) is 5.75 Å². The molecule has 1 fully saturated rings. The van der Waals surface area contributed by atoms with Gasteiger partial charge in [-0.2, -0.15) is 0 Å². The van der Waals surface area contributed by atoms with Gasteiger partial charge in [-0.1, -0.05) is 31.4 Å². The van der Waals surface area contributed by atoms with E-state index in [-0.39, 0.29) is 0 Å². The molecule has 0 aliphatic heterocycles. The summed E-state index contributed by atoms with van der Waals surface area (Å²) in [5, 5.41) is 17.9. The minimum absolute atomic E-state index is 0.462. The van der Waals surface area contributed by atoms with Gasteiger partial charge >= 0.3 is 7.12 Å². The van der Waals surface area contributed by atoms with Crippen molar-refractivity contribution in [1.29, 1.82) is 0 Å². The van der Waals surface area contributed by atoms with Crippen molar-refractivity contribution in [3.63, 3.8) is 0 Å². The first-order valence-electron chi connectivity index (χ1n) is 6.92. The zero-order valence-corrected chi connectivity index (χ0v) is 11.1. The lowest BCUT2D eigenvalue weighted by Crippen LogP contribution is -2.29. The van der Waals surface area contributed by atoms with Crippen LogP contribution >= 0.6 is 0 Å². The molecule has 2 N–H and O–H groups in total. The minimum Gasteiger partial charge on any atom is -0.491 e. The predicted molar refractivity (Wildman–Crippen MR) is 74.5 cm³/mol. The van der Waals surface area contributed by atoms with Gasteiger partial charge in [-0.25, -0.2) is 0 Å². The Morgan fingerprint density at radius 1 is 1.05 bits per heavy atom. The zero-order valence-electron chi connectivity index (χ0n) is 11.1. The molecule has 1 aromatic carbocycles. The summed E-state index contributed by atoms with van der Waals surface area (Å²) in [6.07, 6.45) is 5.28. The fourth-order valence-corrected chi connectivity index (χ4v) is 2.09. The molecule has 1 aromatic rings. The van der Waals surface area contributed by atoms with Crippen LogP contribution in [0.3, 0.4) is 0 Å². The topological polar surface area (TPSA) is 58.9 Å². The van der Waals surface area contributed by atoms with Crippen molar-refractivity contribution < 1.29 is 19.5 Å². The Morgan fingerprint density at radius 2 is 1.79 bits per heavy atom. The van der Waals surface area contributed by atoms with E-state index in [1.807, 2.05) is 0 Å². The zero-order chi connectivity index (χ0) is 13.5. The maximum atomic E-state index is 8.95. The van der Waals surface area contributed by atoms with Gasteiger partial charge in [0.1, 0.15) is 12.4 Å². The standard InChI is InChI=1S/C14H21BO4/c16-15(17)13-4-6-14(7-5-13)19-11-10-18-9-8-12-2-1-3-12/h4-7,12,16-17H,1-3,8-11H2. The van der Waals surface area contributed by atoms with Gasteiger partial charge in [-0.05, 0) is 29.9 Å². The van der Waals surface area contributed by atoms with Gasteiger partial charge < -0.3 is 19.5 Å². The van der Waals surface area contributed by atoms with Gasteiger partial charge in [0.2, 0.25) is 0 Å². The summed E-state index contributed by atoms with van der Waals surface area (Å²) >= 11 is 0. The second-order valence-corrected chi connectivity index (χ2v) is 4.99. The molecule has 1 aliphatic rings. The highest BCUT2D eigenvalue weighted by Crippen LogP contribution is 2.28. The van der Waals surface area contributed by atoms with Crippen LogP contribution < -0.4 is 10.2 Å². The Balaban J connectivity index is 1.54. The smallest absolute Gasteiger partial charge is 0.488 e. The van der Waals surface area contributed by atoms with Crippen molar-refractivity contribution in [2.24, 2.45) is 5.92 Å². The molecule has 104 valence electrons. The monoisotopic (exact) mass is 264 g/mol. The largest absolute Gasteiger partial charge is 0.491 e. The predicted octanol–water partition coefficient (Wildman–Crippen LogP) is 0.952. The Kier molecular flexibility index (Phi) is 5.70. The summed E-state index contributed by atoms with van der Waals surface area (Å²) < 4.78 is 11.0. The van der Waals surface area contributed by atoms with Crippen LogP contribution in [0, 0.1) is 5.92 Å². The summed E-state index contributed by atoms with van der Waals surface area (Å²) in [5.41, 5.74) is 0.462. The van der Waals surface area contributed by atoms with Gasteiger partial charge in [0.25, 0.3) is 0 Å². The third kappa shape index (κ3) is 4.86. The third-order valence-electron chi connectivity index (χ3n) is 3.57. The average Bonchev–Trinajstić information content (AvgIpc) is 2.36. The van der Waals surface area contributed by atoms with E-state index in [0.29, 0.717) is 24.4 Å². The van der Waals surface area contributed by atoms with Gasteiger partial charge in [0.05, 0.1) is 6.61 Å². The van der Waals surface area contributed by atoms with E-state index in [4.69, 9.17) is 19.5 Å². The Hall–Kier alpha value is -1.04. The van der Waals surface area contributed by atoms with Crippen LogP contribution in [0.25, 0.3) is 0 Å². The van der Waals surface area contributed by atoms with E-state index < -0.39 is 7.12 Å². The lowest BCUT2D eigenvalue weighted by molar-refractivity contribution is 0.0812. The van der Waals surface area contributed by atoms with Crippen LogP contribution in [-0.4, -0.2) is 37.0 Å². The quantitative estimate of drug-likeness (QED) is 0.542. The first kappa shape index (κ1) is 14.4. The summed E-state index contributed by atoms with van der Waals surface area (Å²) in [4.78, 5) is 0. The molecule has 2 rings (SSSR count). The molecule has 1 aliphatic carbocycles. The van der Waals surface area contributed by atoms with Crippen LogP contribution in [0.4, 0.5) is 0 Å². The molecule has 0 spiro atoms. The van der Waals surface area contributed by atoms with Crippen LogP contribution in [0.2, 0.25) is 0 Å². The van der Waals surface area contributed by atoms with Gasteiger partial charge in [-0.15, -0.1) is 0 Å².